The van der Waals surface area contributed by atoms with Crippen molar-refractivity contribution in [3.05, 3.63) is 46.5 Å². The zero-order valence-electron chi connectivity index (χ0n) is 8.99. The van der Waals surface area contributed by atoms with Crippen molar-refractivity contribution in [1.29, 1.82) is 0 Å². The van der Waals surface area contributed by atoms with Gasteiger partial charge in [0.25, 0.3) is 0 Å². The Bertz CT molecular complexity index is 552. The molecule has 0 aliphatic rings. The lowest BCUT2D eigenvalue weighted by atomic mass is 10.2. The molecule has 2 rings (SSSR count). The van der Waals surface area contributed by atoms with Gasteiger partial charge in [-0.15, -0.1) is 0 Å². The van der Waals surface area contributed by atoms with Crippen molar-refractivity contribution in [2.24, 2.45) is 5.73 Å². The molecule has 6 heteroatoms. The number of hydrogen-bond donors (Lipinski definition) is 1. The fourth-order valence-corrected chi connectivity index (χ4v) is 1.87. The predicted molar refractivity (Wildman–Crippen MR) is 63.8 cm³/mol. The first-order chi connectivity index (χ1) is 8.00. The van der Waals surface area contributed by atoms with Crippen LogP contribution in [0, 0.1) is 11.6 Å². The Morgan fingerprint density at radius 1 is 1.35 bits per heavy atom. The normalized spacial score (nSPS) is 12.8. The lowest BCUT2D eigenvalue weighted by Gasteiger charge is -2.12. The van der Waals surface area contributed by atoms with Crippen molar-refractivity contribution >= 4 is 15.9 Å². The highest BCUT2D eigenvalue weighted by molar-refractivity contribution is 9.10. The van der Waals surface area contributed by atoms with Crippen LogP contribution in [0.25, 0.3) is 5.69 Å². The van der Waals surface area contributed by atoms with E-state index in [4.69, 9.17) is 5.73 Å². The number of halogens is 3. The SMILES string of the molecule is C[C@@H](N)c1cncn1-c1cc(Br)c(F)cc1F. The molecule has 0 saturated carbocycles. The van der Waals surface area contributed by atoms with Gasteiger partial charge in [0, 0.05) is 12.1 Å². The van der Waals surface area contributed by atoms with Gasteiger partial charge in [0.2, 0.25) is 0 Å². The third-order valence-corrected chi connectivity index (χ3v) is 2.99. The first-order valence-corrected chi connectivity index (χ1v) is 5.72. The lowest BCUT2D eigenvalue weighted by molar-refractivity contribution is 0.571. The van der Waals surface area contributed by atoms with Gasteiger partial charge in [0.05, 0.1) is 28.4 Å². The van der Waals surface area contributed by atoms with E-state index in [1.54, 1.807) is 13.1 Å². The Balaban J connectivity index is 2.60. The van der Waals surface area contributed by atoms with Gasteiger partial charge in [-0.05, 0) is 28.9 Å². The first kappa shape index (κ1) is 12.2. The van der Waals surface area contributed by atoms with Gasteiger partial charge >= 0.3 is 0 Å². The molecule has 0 saturated heterocycles. The van der Waals surface area contributed by atoms with Gasteiger partial charge in [-0.25, -0.2) is 13.8 Å². The quantitative estimate of drug-likeness (QED) is 0.867. The molecule has 2 aromatic rings. The summed E-state index contributed by atoms with van der Waals surface area (Å²) in [5, 5.41) is 0. The summed E-state index contributed by atoms with van der Waals surface area (Å²) in [4.78, 5) is 3.92. The molecular weight excluding hydrogens is 292 g/mol. The van der Waals surface area contributed by atoms with E-state index < -0.39 is 11.6 Å². The molecule has 0 spiro atoms. The van der Waals surface area contributed by atoms with Crippen LogP contribution >= 0.6 is 15.9 Å². The number of nitrogens with two attached hydrogens (primary N) is 1. The number of benzene rings is 1. The molecule has 0 radical (unpaired) electrons. The minimum Gasteiger partial charge on any atom is -0.323 e. The molecule has 0 aliphatic heterocycles. The van der Waals surface area contributed by atoms with Crippen LogP contribution in [0.4, 0.5) is 8.78 Å². The summed E-state index contributed by atoms with van der Waals surface area (Å²) in [5.74, 6) is -1.31. The minimum absolute atomic E-state index is 0.193. The predicted octanol–water partition coefficient (Wildman–Crippen LogP) is 2.93. The molecule has 1 aromatic heterocycles. The minimum atomic E-state index is -0.661. The molecule has 17 heavy (non-hydrogen) atoms. The smallest absolute Gasteiger partial charge is 0.150 e. The topological polar surface area (TPSA) is 43.8 Å². The second-order valence-corrected chi connectivity index (χ2v) is 4.55. The molecule has 0 unspecified atom stereocenters. The second-order valence-electron chi connectivity index (χ2n) is 3.69. The van der Waals surface area contributed by atoms with E-state index >= 15 is 0 Å². The molecule has 1 heterocycles. The van der Waals surface area contributed by atoms with E-state index in [2.05, 4.69) is 20.9 Å². The number of imidazole rings is 1. The van der Waals surface area contributed by atoms with Crippen LogP contribution in [0.15, 0.2) is 29.1 Å². The molecule has 0 amide bonds. The summed E-state index contributed by atoms with van der Waals surface area (Å²) in [7, 11) is 0. The Morgan fingerprint density at radius 3 is 2.71 bits per heavy atom. The van der Waals surface area contributed by atoms with Gasteiger partial charge in [0.15, 0.2) is 0 Å². The van der Waals surface area contributed by atoms with Crippen molar-refractivity contribution in [3.63, 3.8) is 0 Å². The highest BCUT2D eigenvalue weighted by atomic mass is 79.9. The molecule has 3 nitrogen and oxygen atoms in total. The van der Waals surface area contributed by atoms with Crippen molar-refractivity contribution in [2.45, 2.75) is 13.0 Å². The van der Waals surface area contributed by atoms with Crippen molar-refractivity contribution < 1.29 is 8.78 Å². The van der Waals surface area contributed by atoms with Crippen molar-refractivity contribution in [1.82, 2.24) is 9.55 Å². The molecule has 1 atom stereocenters. The Hall–Kier alpha value is -1.27. The molecular formula is C11H10BrF2N3. The van der Waals surface area contributed by atoms with Gasteiger partial charge in [-0.2, -0.15) is 0 Å². The average Bonchev–Trinajstić information content (AvgIpc) is 2.72. The van der Waals surface area contributed by atoms with Crippen LogP contribution in [-0.4, -0.2) is 9.55 Å². The van der Waals surface area contributed by atoms with Crippen LogP contribution in [0.2, 0.25) is 0 Å². The van der Waals surface area contributed by atoms with Crippen molar-refractivity contribution in [3.8, 4) is 5.69 Å². The second kappa shape index (κ2) is 4.54. The fraction of sp³-hybridized carbons (Fsp3) is 0.182. The zero-order valence-corrected chi connectivity index (χ0v) is 10.6. The van der Waals surface area contributed by atoms with Gasteiger partial charge < -0.3 is 5.73 Å². The zero-order chi connectivity index (χ0) is 12.6. The Morgan fingerprint density at radius 2 is 2.06 bits per heavy atom. The molecule has 0 bridgehead atoms. The Kier molecular flexibility index (Phi) is 3.26. The van der Waals surface area contributed by atoms with E-state index in [0.29, 0.717) is 5.69 Å². The summed E-state index contributed by atoms with van der Waals surface area (Å²) in [6.45, 7) is 1.77. The molecule has 0 aliphatic carbocycles. The summed E-state index contributed by atoms with van der Waals surface area (Å²) in [5.41, 5.74) is 6.61. The van der Waals surface area contributed by atoms with Crippen LogP contribution < -0.4 is 5.73 Å². The maximum absolute atomic E-state index is 13.7. The number of rotatable bonds is 2. The van der Waals surface area contributed by atoms with Crippen LogP contribution in [-0.2, 0) is 0 Å². The fourth-order valence-electron chi connectivity index (χ4n) is 1.54. The van der Waals surface area contributed by atoms with Crippen LogP contribution in [0.5, 0.6) is 0 Å². The lowest BCUT2D eigenvalue weighted by Crippen LogP contribution is -2.11. The highest BCUT2D eigenvalue weighted by Crippen LogP contribution is 2.25. The molecule has 2 N–H and O–H groups in total. The largest absolute Gasteiger partial charge is 0.323 e. The van der Waals surface area contributed by atoms with E-state index in [-0.39, 0.29) is 16.2 Å². The first-order valence-electron chi connectivity index (χ1n) is 4.93. The van der Waals surface area contributed by atoms with E-state index in [9.17, 15) is 8.78 Å². The Labute approximate surface area is 105 Å². The maximum Gasteiger partial charge on any atom is 0.150 e. The van der Waals surface area contributed by atoms with Gasteiger partial charge in [-0.1, -0.05) is 0 Å². The van der Waals surface area contributed by atoms with Gasteiger partial charge in [0.1, 0.15) is 11.6 Å². The monoisotopic (exact) mass is 301 g/mol. The van der Waals surface area contributed by atoms with Gasteiger partial charge in [-0.3, -0.25) is 4.57 Å². The summed E-state index contributed by atoms with van der Waals surface area (Å²) in [6, 6.07) is 1.89. The summed E-state index contributed by atoms with van der Waals surface area (Å²) in [6.07, 6.45) is 3.00. The third-order valence-electron chi connectivity index (χ3n) is 2.38. The van der Waals surface area contributed by atoms with E-state index in [1.807, 2.05) is 0 Å². The molecule has 90 valence electrons. The van der Waals surface area contributed by atoms with Crippen LogP contribution in [0.3, 0.4) is 0 Å². The number of aromatic nitrogens is 2. The number of nitrogens with zero attached hydrogens (tertiary/aromatic N) is 2. The van der Waals surface area contributed by atoms with Crippen LogP contribution in [0.1, 0.15) is 18.7 Å². The molecule has 0 fully saturated rings. The third kappa shape index (κ3) is 2.23. The van der Waals surface area contributed by atoms with E-state index in [1.165, 1.54) is 17.0 Å². The maximum atomic E-state index is 13.7. The highest BCUT2D eigenvalue weighted by Gasteiger charge is 2.14. The summed E-state index contributed by atoms with van der Waals surface area (Å²) >= 11 is 3.02. The average molecular weight is 302 g/mol. The van der Waals surface area contributed by atoms with E-state index in [0.717, 1.165) is 6.07 Å². The molecule has 1 aromatic carbocycles. The standard InChI is InChI=1S/C11H10BrF2N3/c1-6(15)11-4-16-5-17(11)10-2-7(12)8(13)3-9(10)14/h2-6H,15H2,1H3/t6-/m1/s1. The number of hydrogen-bond acceptors (Lipinski definition) is 2. The summed E-state index contributed by atoms with van der Waals surface area (Å²) < 4.78 is 28.5. The van der Waals surface area contributed by atoms with Crippen molar-refractivity contribution in [2.75, 3.05) is 0 Å².